The quantitative estimate of drug-likeness (QED) is 0.0966. The molecule has 302 valence electrons. The third kappa shape index (κ3) is 10.6. The van der Waals surface area contributed by atoms with Gasteiger partial charge in [-0.05, 0) is 146 Å². The molecule has 0 bridgehead atoms. The van der Waals surface area contributed by atoms with Gasteiger partial charge in [0.2, 0.25) is 0 Å². The summed E-state index contributed by atoms with van der Waals surface area (Å²) in [5.41, 5.74) is 9.78. The normalized spacial score (nSPS) is 21.8. The Morgan fingerprint density at radius 1 is 0.893 bits per heavy atom. The van der Waals surface area contributed by atoms with Crippen molar-refractivity contribution in [2.24, 2.45) is 11.3 Å². The molecule has 1 saturated carbocycles. The molecule has 1 atom stereocenters. The smallest absolute Gasteiger partial charge is 0.333 e. The van der Waals surface area contributed by atoms with Gasteiger partial charge in [0.1, 0.15) is 11.5 Å². The van der Waals surface area contributed by atoms with E-state index in [1.807, 2.05) is 6.92 Å². The van der Waals surface area contributed by atoms with E-state index in [-0.39, 0.29) is 24.9 Å². The zero-order valence-electron chi connectivity index (χ0n) is 34.8. The van der Waals surface area contributed by atoms with E-state index in [9.17, 15) is 15.0 Å². The number of carbonyl (C=O) groups is 1. The van der Waals surface area contributed by atoms with Crippen molar-refractivity contribution in [3.63, 3.8) is 0 Å². The first-order chi connectivity index (χ1) is 27.0. The predicted molar refractivity (Wildman–Crippen MR) is 229 cm³/mol. The fourth-order valence-corrected chi connectivity index (χ4v) is 8.44. The lowest BCUT2D eigenvalue weighted by Gasteiger charge is -2.33. The maximum atomic E-state index is 12.2. The molecule has 1 fully saturated rings. The van der Waals surface area contributed by atoms with Crippen LogP contribution in [0.1, 0.15) is 127 Å². The minimum atomic E-state index is -0.910. The highest BCUT2D eigenvalue weighted by Gasteiger charge is 2.37. The molecule has 5 rings (SSSR count). The fourth-order valence-electron chi connectivity index (χ4n) is 8.44. The number of carbonyl (C=O) groups excluding carboxylic acids is 1. The van der Waals surface area contributed by atoms with Gasteiger partial charge in [0.05, 0.1) is 31.8 Å². The summed E-state index contributed by atoms with van der Waals surface area (Å²) in [7, 11) is 0. The second kappa shape index (κ2) is 20.2. The largest absolute Gasteiger partial charge is 0.508 e. The van der Waals surface area contributed by atoms with Gasteiger partial charge in [-0.25, -0.2) is 4.79 Å². The molecule has 6 nitrogen and oxygen atoms in total. The van der Waals surface area contributed by atoms with Crippen LogP contribution in [0.5, 0.6) is 5.75 Å². The molecule has 0 saturated heterocycles. The highest BCUT2D eigenvalue weighted by atomic mass is 16.5. The highest BCUT2D eigenvalue weighted by Crippen LogP contribution is 2.42. The molecule has 0 amide bonds. The molecule has 2 aliphatic rings. The maximum Gasteiger partial charge on any atom is 0.333 e. The average Bonchev–Trinajstić information content (AvgIpc) is 3.20. The van der Waals surface area contributed by atoms with E-state index < -0.39 is 5.41 Å². The maximum absolute atomic E-state index is 12.2. The van der Waals surface area contributed by atoms with Crippen LogP contribution < -0.4 is 4.74 Å². The van der Waals surface area contributed by atoms with Crippen molar-refractivity contribution in [1.29, 1.82) is 0 Å². The van der Waals surface area contributed by atoms with Crippen LogP contribution in [0.25, 0.3) is 22.3 Å². The Kier molecular flexibility index (Phi) is 15.5. The Hall–Kier alpha value is -4.29. The molecule has 3 aromatic carbocycles. The lowest BCUT2D eigenvalue weighted by atomic mass is 9.77. The third-order valence-electron chi connectivity index (χ3n) is 12.0. The molecule has 3 aromatic rings. The lowest BCUT2D eigenvalue weighted by Crippen LogP contribution is -2.32. The number of benzene rings is 3. The Labute approximate surface area is 336 Å². The summed E-state index contributed by atoms with van der Waals surface area (Å²) in [5, 5.41) is 22.5. The number of ether oxygens (including phenoxy) is 3. The van der Waals surface area contributed by atoms with Gasteiger partial charge in [0, 0.05) is 5.57 Å². The van der Waals surface area contributed by atoms with Crippen LogP contribution in [0.4, 0.5) is 0 Å². The molecule has 6 heteroatoms. The fraction of sp³-hybridized carbons (Fsp3) is 0.500. The van der Waals surface area contributed by atoms with E-state index in [4.69, 9.17) is 14.2 Å². The molecule has 2 N–H and O–H groups in total. The predicted octanol–water partition coefficient (Wildman–Crippen LogP) is 12.2. The standard InChI is InChI=1S/C50H66O6/c1-8-10-25-50(33-51)26-29-55-47-42(13-11-27-54-46(34(3)4)48(50)52)31-44(32-43(47)14-12-28-56-49(53)35(5)6)45-24-23-41(30-37(45)9-2)40-21-19-39(20-22-40)38-17-15-36(7)16-18-38/h19-24,30-32,36,38,51-52H,3,5,8-18,25-29,33H2,1-2,4,6-7H3/b48-46+. The molecule has 1 unspecified atom stereocenters. The SMILES string of the molecule is C=C(C)C(=O)OCCCc1cc(-c2ccc(-c3ccc(C4CCC(C)CC4)cc3)cc2CC)cc2c1OCCC(CO)(CCCC)/C(O)=C(/C(=C)C)OCCC2. The zero-order chi connectivity index (χ0) is 40.2. The molecular formula is C50H66O6. The van der Waals surface area contributed by atoms with Gasteiger partial charge < -0.3 is 24.4 Å². The van der Waals surface area contributed by atoms with Crippen LogP contribution in [-0.2, 0) is 33.5 Å². The Morgan fingerprint density at radius 3 is 2.27 bits per heavy atom. The molecule has 0 aromatic heterocycles. The summed E-state index contributed by atoms with van der Waals surface area (Å²) in [6.45, 7) is 18.7. The summed E-state index contributed by atoms with van der Waals surface area (Å²) < 4.78 is 18.5. The van der Waals surface area contributed by atoms with E-state index >= 15 is 0 Å². The van der Waals surface area contributed by atoms with Crippen molar-refractivity contribution in [2.45, 2.75) is 124 Å². The summed E-state index contributed by atoms with van der Waals surface area (Å²) >= 11 is 0. The number of aryl methyl sites for hydroxylation is 3. The zero-order valence-corrected chi connectivity index (χ0v) is 34.8. The topological polar surface area (TPSA) is 85.2 Å². The van der Waals surface area contributed by atoms with E-state index in [0.717, 1.165) is 47.6 Å². The van der Waals surface area contributed by atoms with Crippen molar-refractivity contribution in [3.05, 3.63) is 113 Å². The molecular weight excluding hydrogens is 697 g/mol. The summed E-state index contributed by atoms with van der Waals surface area (Å²) in [6, 6.07) is 20.6. The van der Waals surface area contributed by atoms with Crippen LogP contribution in [0.15, 0.2) is 90.4 Å². The van der Waals surface area contributed by atoms with Gasteiger partial charge in [0.15, 0.2) is 5.76 Å². The van der Waals surface area contributed by atoms with Gasteiger partial charge in [0.25, 0.3) is 0 Å². The Balaban J connectivity index is 1.50. The highest BCUT2D eigenvalue weighted by molar-refractivity contribution is 5.86. The van der Waals surface area contributed by atoms with E-state index in [1.54, 1.807) is 6.92 Å². The molecule has 1 aliphatic heterocycles. The number of hydrogen-bond acceptors (Lipinski definition) is 6. The number of fused-ring (bicyclic) bond motifs is 1. The number of unbranched alkanes of at least 4 members (excludes halogenated alkanes) is 1. The second-order valence-electron chi connectivity index (χ2n) is 16.5. The first-order valence-corrected chi connectivity index (χ1v) is 21.2. The number of rotatable bonds is 14. The minimum Gasteiger partial charge on any atom is -0.508 e. The first kappa shape index (κ1) is 42.8. The van der Waals surface area contributed by atoms with Gasteiger partial charge in [-0.1, -0.05) is 102 Å². The second-order valence-corrected chi connectivity index (χ2v) is 16.5. The Morgan fingerprint density at radius 2 is 1.61 bits per heavy atom. The third-order valence-corrected chi connectivity index (χ3v) is 12.0. The van der Waals surface area contributed by atoms with Crippen molar-refractivity contribution >= 4 is 5.97 Å². The van der Waals surface area contributed by atoms with Gasteiger partial charge in [-0.3, -0.25) is 0 Å². The molecule has 56 heavy (non-hydrogen) atoms. The number of allylic oxidation sites excluding steroid dienone is 1. The number of hydrogen-bond donors (Lipinski definition) is 2. The Bertz CT molecular complexity index is 1840. The summed E-state index contributed by atoms with van der Waals surface area (Å²) in [6.07, 6.45) is 11.5. The van der Waals surface area contributed by atoms with Crippen LogP contribution in [0.3, 0.4) is 0 Å². The summed E-state index contributed by atoms with van der Waals surface area (Å²) in [4.78, 5) is 12.2. The van der Waals surface area contributed by atoms with E-state index in [1.165, 1.54) is 53.5 Å². The summed E-state index contributed by atoms with van der Waals surface area (Å²) in [5.74, 6) is 2.40. The van der Waals surface area contributed by atoms with Crippen LogP contribution in [0.2, 0.25) is 0 Å². The van der Waals surface area contributed by atoms with Crippen LogP contribution >= 0.6 is 0 Å². The van der Waals surface area contributed by atoms with Gasteiger partial charge in [-0.2, -0.15) is 0 Å². The molecule has 1 heterocycles. The molecule has 0 spiro atoms. The van der Waals surface area contributed by atoms with Crippen LogP contribution in [-0.4, -0.2) is 42.6 Å². The molecule has 0 radical (unpaired) electrons. The van der Waals surface area contributed by atoms with Crippen molar-refractivity contribution in [3.8, 4) is 28.0 Å². The average molecular weight is 763 g/mol. The monoisotopic (exact) mass is 762 g/mol. The van der Waals surface area contributed by atoms with Crippen molar-refractivity contribution in [1.82, 2.24) is 0 Å². The number of aliphatic hydroxyl groups is 2. The van der Waals surface area contributed by atoms with Crippen molar-refractivity contribution < 1.29 is 29.2 Å². The first-order valence-electron chi connectivity index (χ1n) is 21.2. The number of esters is 1. The van der Waals surface area contributed by atoms with Crippen LogP contribution in [0, 0.1) is 11.3 Å². The van der Waals surface area contributed by atoms with E-state index in [2.05, 4.69) is 88.5 Å². The van der Waals surface area contributed by atoms with E-state index in [0.29, 0.717) is 74.6 Å². The van der Waals surface area contributed by atoms with Gasteiger partial charge >= 0.3 is 5.97 Å². The lowest BCUT2D eigenvalue weighted by molar-refractivity contribution is -0.139. The minimum absolute atomic E-state index is 0.0608. The van der Waals surface area contributed by atoms with Crippen molar-refractivity contribution in [2.75, 3.05) is 26.4 Å². The number of aliphatic hydroxyl groups excluding tert-OH is 2. The molecule has 1 aliphatic carbocycles. The van der Waals surface area contributed by atoms with Gasteiger partial charge in [-0.15, -0.1) is 0 Å².